The second kappa shape index (κ2) is 8.58. The molecule has 1 aromatic heterocycles. The Bertz CT molecular complexity index is 1110. The molecule has 31 heavy (non-hydrogen) atoms. The second-order valence-corrected chi connectivity index (χ2v) is 7.47. The van der Waals surface area contributed by atoms with E-state index in [1.807, 2.05) is 0 Å². The summed E-state index contributed by atoms with van der Waals surface area (Å²) in [5.41, 5.74) is 0.572. The third-order valence-corrected chi connectivity index (χ3v) is 4.98. The molecular formula is C21H19ClF4N4O. The molecule has 164 valence electrons. The number of alkyl halides is 3. The van der Waals surface area contributed by atoms with E-state index in [4.69, 9.17) is 11.6 Å². The molecule has 0 saturated carbocycles. The standard InChI is InChI=1S/C21H19ClF4N4O/c1-12-18(19(22)30(28-12)11-13-4-7-15(23)8-5-13)20(31)27-16-10-14(21(24,25)26)6-9-17(16)29(2)3/h4-10H,11H2,1-3H3,(H,27,31). The number of aromatic nitrogens is 2. The number of amides is 1. The van der Waals surface area contributed by atoms with Crippen LogP contribution in [0, 0.1) is 12.7 Å². The van der Waals surface area contributed by atoms with Crippen LogP contribution in [0.2, 0.25) is 5.15 Å². The van der Waals surface area contributed by atoms with Gasteiger partial charge in [0, 0.05) is 14.1 Å². The fourth-order valence-electron chi connectivity index (χ4n) is 3.07. The van der Waals surface area contributed by atoms with Crippen LogP contribution in [0.5, 0.6) is 0 Å². The molecular weight excluding hydrogens is 436 g/mol. The Kier molecular flexibility index (Phi) is 6.26. The van der Waals surface area contributed by atoms with E-state index in [9.17, 15) is 22.4 Å². The van der Waals surface area contributed by atoms with Gasteiger partial charge in [0.25, 0.3) is 5.91 Å². The predicted molar refractivity (Wildman–Crippen MR) is 111 cm³/mol. The quantitative estimate of drug-likeness (QED) is 0.527. The largest absolute Gasteiger partial charge is 0.416 e. The highest BCUT2D eigenvalue weighted by molar-refractivity contribution is 6.33. The number of carbonyl (C=O) groups is 1. The lowest BCUT2D eigenvalue weighted by atomic mass is 10.1. The van der Waals surface area contributed by atoms with Crippen molar-refractivity contribution in [2.75, 3.05) is 24.3 Å². The normalized spacial score (nSPS) is 11.5. The van der Waals surface area contributed by atoms with Gasteiger partial charge >= 0.3 is 6.18 Å². The van der Waals surface area contributed by atoms with Gasteiger partial charge in [-0.1, -0.05) is 23.7 Å². The Morgan fingerprint density at radius 2 is 1.81 bits per heavy atom. The predicted octanol–water partition coefficient (Wildman–Crippen LogP) is 5.37. The van der Waals surface area contributed by atoms with E-state index < -0.39 is 17.6 Å². The molecule has 0 bridgehead atoms. The minimum atomic E-state index is -4.56. The molecule has 0 spiro atoms. The monoisotopic (exact) mass is 454 g/mol. The van der Waals surface area contributed by atoms with Crippen molar-refractivity contribution in [3.05, 3.63) is 75.8 Å². The van der Waals surface area contributed by atoms with Crippen molar-refractivity contribution in [2.24, 2.45) is 0 Å². The van der Waals surface area contributed by atoms with Crippen LogP contribution in [0.15, 0.2) is 42.5 Å². The lowest BCUT2D eigenvalue weighted by molar-refractivity contribution is -0.137. The molecule has 0 unspecified atom stereocenters. The minimum absolute atomic E-state index is 0.00780. The number of nitrogens with one attached hydrogen (secondary N) is 1. The Hall–Kier alpha value is -3.07. The zero-order chi connectivity index (χ0) is 22.9. The molecule has 1 N–H and O–H groups in total. The summed E-state index contributed by atoms with van der Waals surface area (Å²) in [4.78, 5) is 14.5. The summed E-state index contributed by atoms with van der Waals surface area (Å²) in [6.45, 7) is 1.76. The van der Waals surface area contributed by atoms with Crippen molar-refractivity contribution in [2.45, 2.75) is 19.6 Å². The third kappa shape index (κ3) is 4.99. The number of nitrogens with zero attached hydrogens (tertiary/aromatic N) is 3. The van der Waals surface area contributed by atoms with Gasteiger partial charge in [-0.05, 0) is 42.8 Å². The van der Waals surface area contributed by atoms with Crippen LogP contribution in [-0.2, 0) is 12.7 Å². The van der Waals surface area contributed by atoms with Crippen LogP contribution in [0.4, 0.5) is 28.9 Å². The fraction of sp³-hybridized carbons (Fsp3) is 0.238. The lowest BCUT2D eigenvalue weighted by Crippen LogP contribution is -2.18. The molecule has 0 aliphatic heterocycles. The summed E-state index contributed by atoms with van der Waals surface area (Å²) in [6.07, 6.45) is -4.56. The number of benzene rings is 2. The van der Waals surface area contributed by atoms with Crippen molar-refractivity contribution < 1.29 is 22.4 Å². The van der Waals surface area contributed by atoms with Crippen LogP contribution >= 0.6 is 11.6 Å². The van der Waals surface area contributed by atoms with Crippen LogP contribution in [0.25, 0.3) is 0 Å². The van der Waals surface area contributed by atoms with Gasteiger partial charge in [0.1, 0.15) is 11.0 Å². The van der Waals surface area contributed by atoms with Gasteiger partial charge in [-0.25, -0.2) is 9.07 Å². The number of aryl methyl sites for hydroxylation is 1. The Balaban J connectivity index is 1.92. The zero-order valence-corrected chi connectivity index (χ0v) is 17.6. The number of hydrogen-bond donors (Lipinski definition) is 1. The maximum atomic E-state index is 13.1. The number of hydrogen-bond acceptors (Lipinski definition) is 3. The first-order valence-electron chi connectivity index (χ1n) is 9.14. The number of rotatable bonds is 5. The highest BCUT2D eigenvalue weighted by Gasteiger charge is 2.31. The van der Waals surface area contributed by atoms with Crippen LogP contribution in [0.3, 0.4) is 0 Å². The molecule has 0 saturated heterocycles. The molecule has 5 nitrogen and oxygen atoms in total. The molecule has 0 aliphatic rings. The average Bonchev–Trinajstić information content (AvgIpc) is 2.95. The summed E-state index contributed by atoms with van der Waals surface area (Å²) in [5.74, 6) is -1.07. The van der Waals surface area contributed by atoms with Gasteiger partial charge in [0.05, 0.1) is 34.7 Å². The Morgan fingerprint density at radius 1 is 1.16 bits per heavy atom. The minimum Gasteiger partial charge on any atom is -0.376 e. The third-order valence-electron chi connectivity index (χ3n) is 4.59. The molecule has 3 aromatic rings. The van der Waals surface area contributed by atoms with Crippen LogP contribution in [-0.4, -0.2) is 29.8 Å². The molecule has 0 fully saturated rings. The smallest absolute Gasteiger partial charge is 0.376 e. The first-order valence-corrected chi connectivity index (χ1v) is 9.52. The zero-order valence-electron chi connectivity index (χ0n) is 16.9. The van der Waals surface area contributed by atoms with Gasteiger partial charge in [0.2, 0.25) is 0 Å². The van der Waals surface area contributed by atoms with E-state index in [1.165, 1.54) is 22.9 Å². The highest BCUT2D eigenvalue weighted by Crippen LogP contribution is 2.35. The van der Waals surface area contributed by atoms with E-state index in [0.717, 1.165) is 12.1 Å². The molecule has 1 heterocycles. The van der Waals surface area contributed by atoms with Gasteiger partial charge in [-0.3, -0.25) is 4.79 Å². The van der Waals surface area contributed by atoms with E-state index in [1.54, 1.807) is 38.1 Å². The molecule has 0 atom stereocenters. The van der Waals surface area contributed by atoms with Gasteiger partial charge in [-0.15, -0.1) is 0 Å². The maximum absolute atomic E-state index is 13.1. The number of carbonyl (C=O) groups excluding carboxylic acids is 1. The Morgan fingerprint density at radius 3 is 2.39 bits per heavy atom. The van der Waals surface area contributed by atoms with Crippen molar-refractivity contribution in [1.82, 2.24) is 9.78 Å². The van der Waals surface area contributed by atoms with Crippen LogP contribution in [0.1, 0.15) is 27.2 Å². The lowest BCUT2D eigenvalue weighted by Gasteiger charge is -2.19. The van der Waals surface area contributed by atoms with Gasteiger partial charge in [0.15, 0.2) is 0 Å². The fourth-order valence-corrected chi connectivity index (χ4v) is 3.39. The first-order chi connectivity index (χ1) is 14.5. The van der Waals surface area contributed by atoms with Crippen LogP contribution < -0.4 is 10.2 Å². The number of anilines is 2. The summed E-state index contributed by atoms with van der Waals surface area (Å²) < 4.78 is 53.9. The van der Waals surface area contributed by atoms with Gasteiger partial charge < -0.3 is 10.2 Å². The van der Waals surface area contributed by atoms with Crippen molar-refractivity contribution in [1.29, 1.82) is 0 Å². The number of halogens is 5. The summed E-state index contributed by atoms with van der Waals surface area (Å²) in [6, 6.07) is 8.82. The van der Waals surface area contributed by atoms with E-state index in [2.05, 4.69) is 10.4 Å². The summed E-state index contributed by atoms with van der Waals surface area (Å²) >= 11 is 6.35. The molecule has 0 aliphatic carbocycles. The van der Waals surface area contributed by atoms with Gasteiger partial charge in [-0.2, -0.15) is 18.3 Å². The maximum Gasteiger partial charge on any atom is 0.416 e. The average molecular weight is 455 g/mol. The SMILES string of the molecule is Cc1nn(Cc2ccc(F)cc2)c(Cl)c1C(=O)Nc1cc(C(F)(F)F)ccc1N(C)C. The second-order valence-electron chi connectivity index (χ2n) is 7.11. The molecule has 2 aromatic carbocycles. The van der Waals surface area contributed by atoms with Crippen molar-refractivity contribution in [3.8, 4) is 0 Å². The molecule has 3 rings (SSSR count). The van der Waals surface area contributed by atoms with Crippen molar-refractivity contribution in [3.63, 3.8) is 0 Å². The molecule has 1 amide bonds. The highest BCUT2D eigenvalue weighted by atomic mass is 35.5. The summed E-state index contributed by atoms with van der Waals surface area (Å²) in [7, 11) is 3.30. The Labute approximate surface area is 181 Å². The van der Waals surface area contributed by atoms with E-state index in [0.29, 0.717) is 16.9 Å². The first kappa shape index (κ1) is 22.6. The molecule has 0 radical (unpaired) electrons. The molecule has 10 heteroatoms. The van der Waals surface area contributed by atoms with E-state index >= 15 is 0 Å². The van der Waals surface area contributed by atoms with E-state index in [-0.39, 0.29) is 28.8 Å². The topological polar surface area (TPSA) is 50.2 Å². The summed E-state index contributed by atoms with van der Waals surface area (Å²) in [5, 5.41) is 6.79. The van der Waals surface area contributed by atoms with Crippen molar-refractivity contribution >= 4 is 28.9 Å².